The molecule has 0 atom stereocenters. The maximum Gasteiger partial charge on any atom is 0.471 e. The van der Waals surface area contributed by atoms with E-state index in [1.165, 1.54) is 0 Å². The summed E-state index contributed by atoms with van der Waals surface area (Å²) in [5.74, 6) is -4.08. The van der Waals surface area contributed by atoms with Crippen molar-refractivity contribution >= 4 is 11.9 Å². The molecule has 0 aromatic carbocycles. The van der Waals surface area contributed by atoms with Gasteiger partial charge in [0.25, 0.3) is 6.43 Å². The number of aromatic carboxylic acids is 1. The molecule has 2 rings (SSSR count). The molecule has 0 spiro atoms. The van der Waals surface area contributed by atoms with Crippen LogP contribution in [0, 0.1) is 0 Å². The number of carboxylic acid groups (broad SMARTS) is 1. The molecule has 1 amide bonds. The minimum atomic E-state index is -5.09. The first-order valence-corrected chi connectivity index (χ1v) is 5.59. The SMILES string of the molecule is O=C(O)c1c(C(F)F)nc2n1CCN(C(=O)C(F)(F)F)C2. The fourth-order valence-electron chi connectivity index (χ4n) is 2.08. The van der Waals surface area contributed by atoms with Crippen molar-refractivity contribution < 1.29 is 36.6 Å². The number of hydrogen-bond donors (Lipinski definition) is 1. The molecule has 6 nitrogen and oxygen atoms in total. The van der Waals surface area contributed by atoms with Crippen molar-refractivity contribution in [2.45, 2.75) is 25.7 Å². The third-order valence-corrected chi connectivity index (χ3v) is 2.94. The van der Waals surface area contributed by atoms with Gasteiger partial charge >= 0.3 is 18.1 Å². The zero-order valence-electron chi connectivity index (χ0n) is 10.2. The Balaban J connectivity index is 2.37. The van der Waals surface area contributed by atoms with E-state index in [9.17, 15) is 31.5 Å². The number of aromatic nitrogens is 2. The second-order valence-electron chi connectivity index (χ2n) is 4.24. The van der Waals surface area contributed by atoms with Gasteiger partial charge in [-0.15, -0.1) is 0 Å². The molecule has 116 valence electrons. The first-order chi connectivity index (χ1) is 9.62. The van der Waals surface area contributed by atoms with Crippen LogP contribution in [0.3, 0.4) is 0 Å². The summed E-state index contributed by atoms with van der Waals surface area (Å²) in [5.41, 5.74) is -1.78. The molecule has 2 heterocycles. The second kappa shape index (κ2) is 4.97. The van der Waals surface area contributed by atoms with E-state index in [1.54, 1.807) is 0 Å². The summed E-state index contributed by atoms with van der Waals surface area (Å²) in [6, 6.07) is 0. The highest BCUT2D eigenvalue weighted by atomic mass is 19.4. The average Bonchev–Trinajstić information content (AvgIpc) is 2.75. The van der Waals surface area contributed by atoms with Gasteiger partial charge in [-0.25, -0.2) is 18.6 Å². The molecule has 21 heavy (non-hydrogen) atoms. The lowest BCUT2D eigenvalue weighted by Crippen LogP contribution is -2.45. The molecular weight excluding hydrogens is 305 g/mol. The summed E-state index contributed by atoms with van der Waals surface area (Å²) in [5, 5.41) is 8.91. The molecule has 1 aromatic rings. The summed E-state index contributed by atoms with van der Waals surface area (Å²) in [6.45, 7) is -1.46. The van der Waals surface area contributed by atoms with Gasteiger partial charge in [-0.1, -0.05) is 0 Å². The molecule has 0 fully saturated rings. The van der Waals surface area contributed by atoms with E-state index in [0.717, 1.165) is 4.57 Å². The Hall–Kier alpha value is -2.20. The average molecular weight is 313 g/mol. The van der Waals surface area contributed by atoms with E-state index in [4.69, 9.17) is 5.11 Å². The van der Waals surface area contributed by atoms with Crippen molar-refractivity contribution in [1.82, 2.24) is 14.5 Å². The van der Waals surface area contributed by atoms with Crippen molar-refractivity contribution in [3.05, 3.63) is 17.2 Å². The van der Waals surface area contributed by atoms with E-state index in [2.05, 4.69) is 4.98 Å². The van der Waals surface area contributed by atoms with Crippen LogP contribution >= 0.6 is 0 Å². The molecule has 0 radical (unpaired) electrons. The van der Waals surface area contributed by atoms with Crippen LogP contribution in [-0.4, -0.2) is 44.2 Å². The number of carbonyl (C=O) groups excluding carboxylic acids is 1. The summed E-state index contributed by atoms with van der Waals surface area (Å²) in [6.07, 6.45) is -8.27. The van der Waals surface area contributed by atoms with Gasteiger partial charge in [0.2, 0.25) is 0 Å². The highest BCUT2D eigenvalue weighted by Crippen LogP contribution is 2.28. The van der Waals surface area contributed by atoms with E-state index >= 15 is 0 Å². The zero-order chi connectivity index (χ0) is 15.9. The van der Waals surface area contributed by atoms with Crippen LogP contribution in [-0.2, 0) is 17.9 Å². The maximum atomic E-state index is 12.7. The Bertz CT molecular complexity index is 595. The van der Waals surface area contributed by atoms with Gasteiger partial charge in [0.1, 0.15) is 11.5 Å². The van der Waals surface area contributed by atoms with Crippen LogP contribution in [0.15, 0.2) is 0 Å². The Kier molecular flexibility index (Phi) is 3.59. The molecule has 0 saturated heterocycles. The summed E-state index contributed by atoms with van der Waals surface area (Å²) in [4.78, 5) is 25.8. The molecule has 0 unspecified atom stereocenters. The molecule has 11 heteroatoms. The lowest BCUT2D eigenvalue weighted by molar-refractivity contribution is -0.187. The quantitative estimate of drug-likeness (QED) is 0.838. The van der Waals surface area contributed by atoms with Gasteiger partial charge < -0.3 is 14.6 Å². The second-order valence-corrected chi connectivity index (χ2v) is 4.24. The fraction of sp³-hybridized carbons (Fsp3) is 0.500. The smallest absolute Gasteiger partial charge is 0.471 e. The number of halogens is 5. The van der Waals surface area contributed by atoms with Gasteiger partial charge in [-0.05, 0) is 0 Å². The van der Waals surface area contributed by atoms with Gasteiger partial charge in [0.05, 0.1) is 6.54 Å². The number of carbonyl (C=O) groups is 2. The normalized spacial score (nSPS) is 15.2. The van der Waals surface area contributed by atoms with E-state index in [1.807, 2.05) is 0 Å². The first-order valence-electron chi connectivity index (χ1n) is 5.59. The molecule has 0 bridgehead atoms. The molecule has 1 aromatic heterocycles. The number of alkyl halides is 5. The van der Waals surface area contributed by atoms with Gasteiger partial charge in [0, 0.05) is 13.1 Å². The van der Waals surface area contributed by atoms with Crippen LogP contribution in [0.4, 0.5) is 22.0 Å². The Labute approximate surface area is 113 Å². The lowest BCUT2D eigenvalue weighted by Gasteiger charge is -2.28. The first kappa shape index (κ1) is 15.2. The molecule has 1 N–H and O–H groups in total. The molecule has 0 saturated carbocycles. The Morgan fingerprint density at radius 3 is 2.33 bits per heavy atom. The standard InChI is InChI=1S/C10H8F5N3O3/c11-7(12)5-6(8(19)20)18-2-1-17(3-4(18)16-5)9(21)10(13,14)15/h7H,1-3H2,(H,19,20). The Morgan fingerprint density at radius 2 is 1.86 bits per heavy atom. The highest BCUT2D eigenvalue weighted by Gasteiger charge is 2.44. The summed E-state index contributed by atoms with van der Waals surface area (Å²) < 4.78 is 63.3. The zero-order valence-corrected chi connectivity index (χ0v) is 10.2. The topological polar surface area (TPSA) is 75.4 Å². The van der Waals surface area contributed by atoms with Crippen molar-refractivity contribution in [3.8, 4) is 0 Å². The highest BCUT2D eigenvalue weighted by molar-refractivity contribution is 5.87. The van der Waals surface area contributed by atoms with E-state index in [-0.39, 0.29) is 12.4 Å². The fourth-order valence-corrected chi connectivity index (χ4v) is 2.08. The predicted molar refractivity (Wildman–Crippen MR) is 55.6 cm³/mol. The Morgan fingerprint density at radius 1 is 1.24 bits per heavy atom. The lowest BCUT2D eigenvalue weighted by atomic mass is 10.3. The van der Waals surface area contributed by atoms with Gasteiger partial charge in [-0.3, -0.25) is 4.79 Å². The van der Waals surface area contributed by atoms with Gasteiger partial charge in [-0.2, -0.15) is 13.2 Å². The monoisotopic (exact) mass is 313 g/mol. The van der Waals surface area contributed by atoms with E-state index < -0.39 is 49.0 Å². The van der Waals surface area contributed by atoms with Crippen molar-refractivity contribution in [2.24, 2.45) is 0 Å². The number of amides is 1. The minimum absolute atomic E-state index is 0.313. The van der Waals surface area contributed by atoms with Crippen LogP contribution in [0.1, 0.15) is 28.4 Å². The molecule has 1 aliphatic rings. The number of fused-ring (bicyclic) bond motifs is 1. The summed E-state index contributed by atoms with van der Waals surface area (Å²) in [7, 11) is 0. The van der Waals surface area contributed by atoms with Crippen LogP contribution < -0.4 is 0 Å². The minimum Gasteiger partial charge on any atom is -0.477 e. The molecular formula is C10H8F5N3O3. The van der Waals surface area contributed by atoms with Crippen LogP contribution in [0.25, 0.3) is 0 Å². The number of nitrogens with zero attached hydrogens (tertiary/aromatic N) is 3. The number of rotatable bonds is 2. The number of hydrogen-bond acceptors (Lipinski definition) is 3. The third-order valence-electron chi connectivity index (χ3n) is 2.94. The van der Waals surface area contributed by atoms with Crippen LogP contribution in [0.5, 0.6) is 0 Å². The van der Waals surface area contributed by atoms with Crippen molar-refractivity contribution in [3.63, 3.8) is 0 Å². The van der Waals surface area contributed by atoms with Crippen molar-refractivity contribution in [1.29, 1.82) is 0 Å². The molecule has 1 aliphatic heterocycles. The predicted octanol–water partition coefficient (Wildman–Crippen LogP) is 1.42. The largest absolute Gasteiger partial charge is 0.477 e. The number of carboxylic acids is 1. The van der Waals surface area contributed by atoms with Gasteiger partial charge in [0.15, 0.2) is 5.69 Å². The maximum absolute atomic E-state index is 12.7. The van der Waals surface area contributed by atoms with E-state index in [0.29, 0.717) is 4.90 Å². The van der Waals surface area contributed by atoms with Crippen LogP contribution in [0.2, 0.25) is 0 Å². The summed E-state index contributed by atoms with van der Waals surface area (Å²) >= 11 is 0. The third kappa shape index (κ3) is 2.67. The number of imidazole rings is 1. The molecule has 0 aliphatic carbocycles. The van der Waals surface area contributed by atoms with Crippen molar-refractivity contribution in [2.75, 3.05) is 6.54 Å².